The average molecular weight is 228 g/mol. The van der Waals surface area contributed by atoms with Gasteiger partial charge in [-0.1, -0.05) is 11.6 Å². The maximum absolute atomic E-state index is 10.7. The van der Waals surface area contributed by atoms with Gasteiger partial charge < -0.3 is 9.47 Å². The molecule has 15 heavy (non-hydrogen) atoms. The zero-order valence-electron chi connectivity index (χ0n) is 8.17. The predicted molar refractivity (Wildman–Crippen MR) is 52.9 cm³/mol. The molecule has 0 amide bonds. The first kappa shape index (κ1) is 11.5. The van der Waals surface area contributed by atoms with Crippen molar-refractivity contribution in [2.24, 2.45) is 0 Å². The Morgan fingerprint density at radius 1 is 1.20 bits per heavy atom. The van der Waals surface area contributed by atoms with Crippen LogP contribution in [0.1, 0.15) is 13.8 Å². The van der Waals surface area contributed by atoms with Crippen molar-refractivity contribution in [3.63, 3.8) is 0 Å². The van der Waals surface area contributed by atoms with E-state index in [2.05, 4.69) is 6.07 Å². The van der Waals surface area contributed by atoms with Crippen molar-refractivity contribution in [2.45, 2.75) is 13.8 Å². The van der Waals surface area contributed by atoms with E-state index in [0.29, 0.717) is 0 Å². The quantitative estimate of drug-likeness (QED) is 0.573. The van der Waals surface area contributed by atoms with Crippen LogP contribution in [0.4, 0.5) is 0 Å². The molecule has 0 aliphatic heterocycles. The second-order valence-corrected chi connectivity index (χ2v) is 3.10. The van der Waals surface area contributed by atoms with Gasteiger partial charge in [-0.05, 0) is 6.07 Å². The maximum atomic E-state index is 10.7. The molecule has 1 radical (unpaired) electrons. The minimum Gasteiger partial charge on any atom is -0.423 e. The molecule has 0 aliphatic carbocycles. The Balaban J connectivity index is 3.02. The second kappa shape index (κ2) is 4.79. The zero-order valence-corrected chi connectivity index (χ0v) is 8.92. The third-order valence-corrected chi connectivity index (χ3v) is 1.57. The molecule has 0 saturated carbocycles. The zero-order chi connectivity index (χ0) is 11.4. The number of hydrogen-bond acceptors (Lipinski definition) is 4. The Bertz CT molecular complexity index is 400. The Kier molecular flexibility index (Phi) is 3.68. The van der Waals surface area contributed by atoms with E-state index in [1.165, 1.54) is 26.0 Å². The Morgan fingerprint density at radius 2 is 1.73 bits per heavy atom. The lowest BCUT2D eigenvalue weighted by Gasteiger charge is -2.07. The monoisotopic (exact) mass is 227 g/mol. The Labute approximate surface area is 91.7 Å². The summed E-state index contributed by atoms with van der Waals surface area (Å²) in [4.78, 5) is 21.5. The molecule has 0 spiro atoms. The van der Waals surface area contributed by atoms with Crippen molar-refractivity contribution in [2.75, 3.05) is 0 Å². The van der Waals surface area contributed by atoms with Gasteiger partial charge in [-0.15, -0.1) is 0 Å². The van der Waals surface area contributed by atoms with Gasteiger partial charge in [-0.25, -0.2) is 0 Å². The highest BCUT2D eigenvalue weighted by atomic mass is 35.5. The van der Waals surface area contributed by atoms with E-state index in [9.17, 15) is 9.59 Å². The number of carbonyl (C=O) groups excluding carboxylic acids is 2. The van der Waals surface area contributed by atoms with Crippen molar-refractivity contribution in [1.29, 1.82) is 0 Å². The van der Waals surface area contributed by atoms with Crippen LogP contribution < -0.4 is 9.47 Å². The molecule has 0 N–H and O–H groups in total. The molecule has 1 aromatic carbocycles. The van der Waals surface area contributed by atoms with Gasteiger partial charge in [-0.3, -0.25) is 9.59 Å². The van der Waals surface area contributed by atoms with Crippen LogP contribution in [0.5, 0.6) is 11.5 Å². The highest BCUT2D eigenvalue weighted by Gasteiger charge is 2.10. The highest BCUT2D eigenvalue weighted by Crippen LogP contribution is 2.30. The smallest absolute Gasteiger partial charge is 0.308 e. The minimum absolute atomic E-state index is 0.0986. The summed E-state index contributed by atoms with van der Waals surface area (Å²) in [5, 5.41) is 0.266. The first-order valence-corrected chi connectivity index (χ1v) is 4.45. The maximum Gasteiger partial charge on any atom is 0.308 e. The van der Waals surface area contributed by atoms with Crippen molar-refractivity contribution in [1.82, 2.24) is 0 Å². The van der Waals surface area contributed by atoms with Crippen LogP contribution in [0.25, 0.3) is 0 Å². The molecule has 0 saturated heterocycles. The number of carbonyl (C=O) groups is 2. The normalized spacial score (nSPS) is 9.53. The molecule has 0 bridgehead atoms. The lowest BCUT2D eigenvalue weighted by molar-refractivity contribution is -0.134. The van der Waals surface area contributed by atoms with Crippen LogP contribution in [-0.2, 0) is 9.59 Å². The minimum atomic E-state index is -0.523. The van der Waals surface area contributed by atoms with Gasteiger partial charge in [0.1, 0.15) is 0 Å². The van der Waals surface area contributed by atoms with E-state index in [0.717, 1.165) is 0 Å². The summed E-state index contributed by atoms with van der Waals surface area (Å²) in [5.41, 5.74) is 0. The van der Waals surface area contributed by atoms with Gasteiger partial charge in [0.25, 0.3) is 0 Å². The van der Waals surface area contributed by atoms with E-state index in [-0.39, 0.29) is 16.5 Å². The van der Waals surface area contributed by atoms with Crippen molar-refractivity contribution in [3.05, 3.63) is 23.2 Å². The van der Waals surface area contributed by atoms with Crippen LogP contribution in [0, 0.1) is 6.07 Å². The van der Waals surface area contributed by atoms with Crippen LogP contribution >= 0.6 is 11.6 Å². The summed E-state index contributed by atoms with van der Waals surface area (Å²) in [6, 6.07) is 5.30. The van der Waals surface area contributed by atoms with Crippen LogP contribution in [0.3, 0.4) is 0 Å². The number of esters is 2. The lowest BCUT2D eigenvalue weighted by atomic mass is 10.3. The van der Waals surface area contributed by atoms with Gasteiger partial charge >= 0.3 is 11.9 Å². The number of rotatable bonds is 2. The molecule has 0 unspecified atom stereocenters. The topological polar surface area (TPSA) is 52.6 Å². The standard InChI is InChI=1S/C10H8ClO4/c1-6(12)14-9-4-3-8(11)5-10(9)15-7(2)13/h4-5H,1-2H3. The number of benzene rings is 1. The summed E-state index contributed by atoms with van der Waals surface area (Å²) in [5.74, 6) is -0.826. The fourth-order valence-electron chi connectivity index (χ4n) is 0.903. The number of hydrogen-bond donors (Lipinski definition) is 0. The van der Waals surface area contributed by atoms with Crippen LogP contribution in [-0.4, -0.2) is 11.9 Å². The molecule has 5 heteroatoms. The van der Waals surface area contributed by atoms with E-state index in [1.54, 1.807) is 0 Å². The molecule has 79 valence electrons. The summed E-state index contributed by atoms with van der Waals surface area (Å²) in [7, 11) is 0. The largest absolute Gasteiger partial charge is 0.423 e. The molecule has 0 atom stereocenters. The third kappa shape index (κ3) is 3.59. The molecule has 4 nitrogen and oxygen atoms in total. The van der Waals surface area contributed by atoms with Crippen molar-refractivity contribution >= 4 is 23.5 Å². The SMILES string of the molecule is CC(=O)Oc1c[c]c(Cl)cc1OC(C)=O. The van der Waals surface area contributed by atoms with Crippen molar-refractivity contribution < 1.29 is 19.1 Å². The molecule has 0 aromatic heterocycles. The third-order valence-electron chi connectivity index (χ3n) is 1.35. The lowest BCUT2D eigenvalue weighted by Crippen LogP contribution is -2.07. The fourth-order valence-corrected chi connectivity index (χ4v) is 1.06. The van der Waals surface area contributed by atoms with E-state index >= 15 is 0 Å². The number of ether oxygens (including phenoxy) is 2. The van der Waals surface area contributed by atoms with Crippen molar-refractivity contribution in [3.8, 4) is 11.5 Å². The molecule has 0 aliphatic rings. The van der Waals surface area contributed by atoms with Gasteiger partial charge in [-0.2, -0.15) is 0 Å². The predicted octanol–water partition coefficient (Wildman–Crippen LogP) is 1.99. The van der Waals surface area contributed by atoms with Crippen LogP contribution in [0.2, 0.25) is 5.02 Å². The van der Waals surface area contributed by atoms with Gasteiger partial charge in [0.05, 0.1) is 5.02 Å². The first-order chi connectivity index (χ1) is 6.99. The fraction of sp³-hybridized carbons (Fsp3) is 0.200. The Morgan fingerprint density at radius 3 is 2.27 bits per heavy atom. The summed E-state index contributed by atoms with van der Waals surface area (Å²) in [6.45, 7) is 2.48. The van der Waals surface area contributed by atoms with Gasteiger partial charge in [0.15, 0.2) is 11.5 Å². The van der Waals surface area contributed by atoms with Gasteiger partial charge in [0, 0.05) is 26.0 Å². The first-order valence-electron chi connectivity index (χ1n) is 4.07. The van der Waals surface area contributed by atoms with Gasteiger partial charge in [0.2, 0.25) is 0 Å². The number of halogens is 1. The average Bonchev–Trinajstić information content (AvgIpc) is 2.08. The highest BCUT2D eigenvalue weighted by molar-refractivity contribution is 6.30. The van der Waals surface area contributed by atoms with Crippen LogP contribution in [0.15, 0.2) is 12.1 Å². The molecule has 1 aromatic rings. The molecule has 1 rings (SSSR count). The summed E-state index contributed by atoms with van der Waals surface area (Å²) < 4.78 is 9.60. The summed E-state index contributed by atoms with van der Waals surface area (Å²) in [6.07, 6.45) is 0. The molecule has 0 heterocycles. The molecule has 0 fully saturated rings. The van der Waals surface area contributed by atoms with E-state index in [1.807, 2.05) is 0 Å². The Hall–Kier alpha value is -1.55. The molecular weight excluding hydrogens is 220 g/mol. The van der Waals surface area contributed by atoms with E-state index in [4.69, 9.17) is 21.1 Å². The molecular formula is C10H8ClO4. The summed E-state index contributed by atoms with van der Waals surface area (Å²) >= 11 is 5.65. The second-order valence-electron chi connectivity index (χ2n) is 2.70. The van der Waals surface area contributed by atoms with E-state index < -0.39 is 11.9 Å².